The molecule has 0 saturated carbocycles. The first-order valence-electron chi connectivity index (χ1n) is 4.92. The van der Waals surface area contributed by atoms with E-state index in [9.17, 15) is 17.6 Å². The number of halogens is 4. The molecule has 0 amide bonds. The van der Waals surface area contributed by atoms with Crippen LogP contribution in [0, 0.1) is 0 Å². The number of benzene rings is 1. The van der Waals surface area contributed by atoms with Gasteiger partial charge in [0.1, 0.15) is 0 Å². The van der Waals surface area contributed by atoms with Crippen molar-refractivity contribution in [2.24, 2.45) is 0 Å². The predicted molar refractivity (Wildman–Crippen MR) is 55.7 cm³/mol. The van der Waals surface area contributed by atoms with Crippen LogP contribution in [0.2, 0.25) is 0 Å². The molecule has 0 spiro atoms. The van der Waals surface area contributed by atoms with Gasteiger partial charge in [0.2, 0.25) is 0 Å². The Morgan fingerprint density at radius 2 is 1.88 bits per heavy atom. The minimum atomic E-state index is -4.10. The summed E-state index contributed by atoms with van der Waals surface area (Å²) >= 11 is 0. The van der Waals surface area contributed by atoms with Crippen LogP contribution >= 0.6 is 0 Å². The van der Waals surface area contributed by atoms with E-state index < -0.39 is 17.9 Å². The summed E-state index contributed by atoms with van der Waals surface area (Å²) in [6, 6.07) is 5.30. The SMILES string of the molecule is CC/C=C/c1ccccc1C(F)(F)C(F)F. The van der Waals surface area contributed by atoms with E-state index in [0.29, 0.717) is 6.42 Å². The molecule has 1 aromatic rings. The summed E-state index contributed by atoms with van der Waals surface area (Å²) in [6.45, 7) is 1.84. The number of allylic oxidation sites excluding steroid dienone is 1. The lowest BCUT2D eigenvalue weighted by molar-refractivity contribution is -0.135. The second-order valence-electron chi connectivity index (χ2n) is 3.32. The van der Waals surface area contributed by atoms with Gasteiger partial charge in [0.05, 0.1) is 0 Å². The zero-order valence-corrected chi connectivity index (χ0v) is 8.76. The van der Waals surface area contributed by atoms with Crippen LogP contribution in [0.4, 0.5) is 17.6 Å². The molecule has 1 rings (SSSR count). The molecule has 0 aliphatic carbocycles. The summed E-state index contributed by atoms with van der Waals surface area (Å²) in [4.78, 5) is 0. The normalized spacial score (nSPS) is 12.6. The van der Waals surface area contributed by atoms with E-state index in [4.69, 9.17) is 0 Å². The molecule has 0 nitrogen and oxygen atoms in total. The molecule has 0 aromatic heterocycles. The van der Waals surface area contributed by atoms with Gasteiger partial charge in [0, 0.05) is 5.56 Å². The monoisotopic (exact) mass is 232 g/mol. The molecule has 0 bridgehead atoms. The van der Waals surface area contributed by atoms with Crippen molar-refractivity contribution in [3.05, 3.63) is 41.5 Å². The highest BCUT2D eigenvalue weighted by atomic mass is 19.3. The molecule has 4 heteroatoms. The van der Waals surface area contributed by atoms with E-state index in [2.05, 4.69) is 0 Å². The second-order valence-corrected chi connectivity index (χ2v) is 3.32. The maximum absolute atomic E-state index is 13.2. The lowest BCUT2D eigenvalue weighted by Crippen LogP contribution is -2.24. The van der Waals surface area contributed by atoms with E-state index in [1.54, 1.807) is 12.1 Å². The molecule has 16 heavy (non-hydrogen) atoms. The minimum absolute atomic E-state index is 0.134. The molecule has 0 atom stereocenters. The van der Waals surface area contributed by atoms with E-state index in [-0.39, 0.29) is 5.56 Å². The van der Waals surface area contributed by atoms with Gasteiger partial charge in [-0.15, -0.1) is 0 Å². The third-order valence-electron chi connectivity index (χ3n) is 2.13. The quantitative estimate of drug-likeness (QED) is 0.672. The smallest absolute Gasteiger partial charge is 0.203 e. The van der Waals surface area contributed by atoms with Crippen molar-refractivity contribution < 1.29 is 17.6 Å². The average molecular weight is 232 g/mol. The molecule has 0 heterocycles. The Balaban J connectivity index is 3.17. The maximum atomic E-state index is 13.2. The topological polar surface area (TPSA) is 0 Å². The van der Waals surface area contributed by atoms with Crippen LogP contribution in [0.25, 0.3) is 6.08 Å². The van der Waals surface area contributed by atoms with Gasteiger partial charge in [0.15, 0.2) is 0 Å². The summed E-state index contributed by atoms with van der Waals surface area (Å²) in [5, 5.41) is 0. The lowest BCUT2D eigenvalue weighted by atomic mass is 10.0. The van der Waals surface area contributed by atoms with Crippen molar-refractivity contribution in [2.75, 3.05) is 0 Å². The minimum Gasteiger partial charge on any atom is -0.203 e. The molecular formula is C12H12F4. The molecule has 88 valence electrons. The zero-order valence-electron chi connectivity index (χ0n) is 8.76. The Morgan fingerprint density at radius 1 is 1.25 bits per heavy atom. The van der Waals surface area contributed by atoms with Crippen LogP contribution in [0.5, 0.6) is 0 Å². The van der Waals surface area contributed by atoms with E-state index >= 15 is 0 Å². The molecule has 1 aromatic carbocycles. The van der Waals surface area contributed by atoms with Crippen LogP contribution in [0.1, 0.15) is 24.5 Å². The Labute approximate surface area is 91.6 Å². The lowest BCUT2D eigenvalue weighted by Gasteiger charge is -2.17. The van der Waals surface area contributed by atoms with Crippen molar-refractivity contribution in [3.63, 3.8) is 0 Å². The highest BCUT2D eigenvalue weighted by Gasteiger charge is 2.43. The van der Waals surface area contributed by atoms with Crippen LogP contribution < -0.4 is 0 Å². The highest BCUT2D eigenvalue weighted by molar-refractivity contribution is 5.55. The number of rotatable bonds is 4. The fraction of sp³-hybridized carbons (Fsp3) is 0.333. The summed E-state index contributed by atoms with van der Waals surface area (Å²) in [6.07, 6.45) is 0.0595. The van der Waals surface area contributed by atoms with Crippen molar-refractivity contribution in [2.45, 2.75) is 25.7 Å². The standard InChI is InChI=1S/C12H12F4/c1-2-3-6-9-7-4-5-8-10(9)12(15,16)11(13)14/h3-8,11H,2H2,1H3/b6-3+. The van der Waals surface area contributed by atoms with E-state index in [1.165, 1.54) is 18.2 Å². The third-order valence-corrected chi connectivity index (χ3v) is 2.13. The summed E-state index contributed by atoms with van der Waals surface area (Å²) < 4.78 is 50.8. The van der Waals surface area contributed by atoms with Gasteiger partial charge in [-0.2, -0.15) is 8.78 Å². The predicted octanol–water partition coefficient (Wildman–Crippen LogP) is 4.47. The van der Waals surface area contributed by atoms with Crippen molar-refractivity contribution in [3.8, 4) is 0 Å². The molecule has 0 saturated heterocycles. The Bertz CT molecular complexity index is 369. The molecule has 0 N–H and O–H groups in total. The molecule has 0 unspecified atom stereocenters. The maximum Gasteiger partial charge on any atom is 0.333 e. The fourth-order valence-corrected chi connectivity index (χ4v) is 1.31. The fourth-order valence-electron chi connectivity index (χ4n) is 1.31. The Kier molecular flexibility index (Phi) is 4.10. The largest absolute Gasteiger partial charge is 0.333 e. The van der Waals surface area contributed by atoms with Gasteiger partial charge < -0.3 is 0 Å². The highest BCUT2D eigenvalue weighted by Crippen LogP contribution is 2.36. The van der Waals surface area contributed by atoms with Gasteiger partial charge >= 0.3 is 12.3 Å². The first-order valence-corrected chi connectivity index (χ1v) is 4.92. The molecule has 0 aliphatic rings. The number of hydrogen-bond donors (Lipinski definition) is 0. The third kappa shape index (κ3) is 2.62. The first-order chi connectivity index (χ1) is 7.50. The van der Waals surface area contributed by atoms with Gasteiger partial charge in [-0.3, -0.25) is 0 Å². The molecular weight excluding hydrogens is 220 g/mol. The summed E-state index contributed by atoms with van der Waals surface area (Å²) in [7, 11) is 0. The Morgan fingerprint density at radius 3 is 2.44 bits per heavy atom. The summed E-state index contributed by atoms with van der Waals surface area (Å²) in [5.41, 5.74) is -0.496. The van der Waals surface area contributed by atoms with Crippen LogP contribution in [0.3, 0.4) is 0 Å². The Hall–Kier alpha value is -1.32. The summed E-state index contributed by atoms with van der Waals surface area (Å²) in [5.74, 6) is -4.10. The van der Waals surface area contributed by atoms with Gasteiger partial charge in [-0.1, -0.05) is 43.3 Å². The van der Waals surface area contributed by atoms with E-state index in [0.717, 1.165) is 6.07 Å². The average Bonchev–Trinajstić information content (AvgIpc) is 2.26. The van der Waals surface area contributed by atoms with Crippen LogP contribution in [0.15, 0.2) is 30.3 Å². The number of hydrogen-bond acceptors (Lipinski definition) is 0. The van der Waals surface area contributed by atoms with Gasteiger partial charge in [0.25, 0.3) is 0 Å². The number of alkyl halides is 4. The second kappa shape index (κ2) is 5.14. The van der Waals surface area contributed by atoms with E-state index in [1.807, 2.05) is 6.92 Å². The molecule has 0 radical (unpaired) electrons. The first kappa shape index (κ1) is 12.7. The van der Waals surface area contributed by atoms with Gasteiger partial charge in [-0.05, 0) is 12.0 Å². The van der Waals surface area contributed by atoms with Crippen molar-refractivity contribution in [1.29, 1.82) is 0 Å². The van der Waals surface area contributed by atoms with Crippen LogP contribution in [-0.4, -0.2) is 6.43 Å². The van der Waals surface area contributed by atoms with Crippen molar-refractivity contribution >= 4 is 6.08 Å². The van der Waals surface area contributed by atoms with Gasteiger partial charge in [-0.25, -0.2) is 8.78 Å². The van der Waals surface area contributed by atoms with Crippen LogP contribution in [-0.2, 0) is 5.92 Å². The molecule has 0 aliphatic heterocycles. The van der Waals surface area contributed by atoms with Crippen molar-refractivity contribution in [1.82, 2.24) is 0 Å². The molecule has 0 fully saturated rings. The zero-order chi connectivity index (χ0) is 12.2.